The van der Waals surface area contributed by atoms with Gasteiger partial charge in [-0.2, -0.15) is 0 Å². The third kappa shape index (κ3) is 2.86. The molecule has 1 heterocycles. The first-order chi connectivity index (χ1) is 7.62. The first-order valence-corrected chi connectivity index (χ1v) is 6.41. The van der Waals surface area contributed by atoms with Gasteiger partial charge in [0.1, 0.15) is 6.33 Å². The maximum Gasteiger partial charge on any atom is 0.202 e. The van der Waals surface area contributed by atoms with Crippen LogP contribution in [0.15, 0.2) is 36.3 Å². The molecule has 0 saturated carbocycles. The van der Waals surface area contributed by atoms with Crippen molar-refractivity contribution in [2.24, 2.45) is 0 Å². The fourth-order valence-corrected chi connectivity index (χ4v) is 2.78. The Morgan fingerprint density at radius 3 is 2.81 bits per heavy atom. The van der Waals surface area contributed by atoms with Crippen LogP contribution < -0.4 is 0 Å². The topological polar surface area (TPSA) is 80.1 Å². The third-order valence-electron chi connectivity index (χ3n) is 2.15. The number of nitrogens with zero attached hydrogens (tertiary/aromatic N) is 2. The minimum absolute atomic E-state index is 0.00894. The van der Waals surface area contributed by atoms with Gasteiger partial charge in [-0.15, -0.1) is 6.58 Å². The Balaban J connectivity index is 2.96. The largest absolute Gasteiger partial charge is 0.396 e. The minimum atomic E-state index is -3.50. The molecule has 88 valence electrons. The first kappa shape index (κ1) is 12.8. The van der Waals surface area contributed by atoms with Crippen molar-refractivity contribution in [1.82, 2.24) is 9.97 Å². The van der Waals surface area contributed by atoms with Crippen molar-refractivity contribution in [3.05, 3.63) is 31.2 Å². The summed E-state index contributed by atoms with van der Waals surface area (Å²) in [4.78, 5) is 7.38. The summed E-state index contributed by atoms with van der Waals surface area (Å²) in [5.74, 6) is 0. The molecular formula is C10H14N2O3S. The van der Waals surface area contributed by atoms with E-state index < -0.39 is 15.1 Å². The molecule has 0 bridgehead atoms. The standard InChI is InChI=1S/C10H14N2O3S/c1-2-9(4-3-7-13)16(14,15)10-5-6-11-8-12-10/h2,5-6,8-9,13H,1,3-4,7H2. The molecule has 0 spiro atoms. The van der Waals surface area contributed by atoms with Gasteiger partial charge in [-0.3, -0.25) is 0 Å². The molecule has 0 radical (unpaired) electrons. The molecule has 1 rings (SSSR count). The molecule has 1 unspecified atom stereocenters. The Kier molecular flexibility index (Phi) is 4.57. The van der Waals surface area contributed by atoms with Gasteiger partial charge in [0, 0.05) is 12.8 Å². The third-order valence-corrected chi connectivity index (χ3v) is 4.20. The Labute approximate surface area is 94.8 Å². The van der Waals surface area contributed by atoms with Crippen LogP contribution in [-0.2, 0) is 9.84 Å². The molecule has 1 atom stereocenters. The van der Waals surface area contributed by atoms with E-state index in [2.05, 4.69) is 16.5 Å². The highest BCUT2D eigenvalue weighted by molar-refractivity contribution is 7.92. The van der Waals surface area contributed by atoms with Crippen LogP contribution in [0.5, 0.6) is 0 Å². The average molecular weight is 242 g/mol. The van der Waals surface area contributed by atoms with Crippen LogP contribution in [0.25, 0.3) is 0 Å². The van der Waals surface area contributed by atoms with E-state index in [0.717, 1.165) is 0 Å². The molecule has 16 heavy (non-hydrogen) atoms. The first-order valence-electron chi connectivity index (χ1n) is 4.86. The molecule has 6 heteroatoms. The van der Waals surface area contributed by atoms with Crippen molar-refractivity contribution in [3.63, 3.8) is 0 Å². The lowest BCUT2D eigenvalue weighted by molar-refractivity contribution is 0.285. The van der Waals surface area contributed by atoms with Crippen molar-refractivity contribution in [2.45, 2.75) is 23.1 Å². The number of aromatic nitrogens is 2. The van der Waals surface area contributed by atoms with E-state index in [9.17, 15) is 8.42 Å². The molecule has 0 aromatic carbocycles. The SMILES string of the molecule is C=CC(CCCO)S(=O)(=O)c1ccncn1. The Hall–Kier alpha value is -1.27. The summed E-state index contributed by atoms with van der Waals surface area (Å²) >= 11 is 0. The van der Waals surface area contributed by atoms with E-state index in [1.807, 2.05) is 0 Å². The Morgan fingerprint density at radius 2 is 2.31 bits per heavy atom. The smallest absolute Gasteiger partial charge is 0.202 e. The Morgan fingerprint density at radius 1 is 1.56 bits per heavy atom. The predicted octanol–water partition coefficient (Wildman–Crippen LogP) is 0.577. The number of hydrogen-bond acceptors (Lipinski definition) is 5. The second-order valence-corrected chi connectivity index (χ2v) is 5.35. The molecule has 0 aliphatic carbocycles. The number of hydrogen-bond donors (Lipinski definition) is 1. The Bertz CT molecular complexity index is 431. The van der Waals surface area contributed by atoms with Crippen molar-refractivity contribution in [3.8, 4) is 0 Å². The zero-order valence-electron chi connectivity index (χ0n) is 8.78. The summed E-state index contributed by atoms with van der Waals surface area (Å²) < 4.78 is 24.1. The lowest BCUT2D eigenvalue weighted by Crippen LogP contribution is -2.20. The van der Waals surface area contributed by atoms with Gasteiger partial charge in [-0.1, -0.05) is 6.08 Å². The summed E-state index contributed by atoms with van der Waals surface area (Å²) in [7, 11) is -3.50. The van der Waals surface area contributed by atoms with Crippen LogP contribution in [0.3, 0.4) is 0 Å². The predicted molar refractivity (Wildman–Crippen MR) is 59.5 cm³/mol. The molecule has 0 fully saturated rings. The van der Waals surface area contributed by atoms with Gasteiger partial charge < -0.3 is 5.11 Å². The maximum absolute atomic E-state index is 12.0. The van der Waals surface area contributed by atoms with Crippen LogP contribution in [0.2, 0.25) is 0 Å². The second kappa shape index (κ2) is 5.72. The molecule has 1 aromatic rings. The molecule has 0 saturated heterocycles. The van der Waals surface area contributed by atoms with Crippen molar-refractivity contribution in [2.75, 3.05) is 6.61 Å². The fraction of sp³-hybridized carbons (Fsp3) is 0.400. The molecule has 0 amide bonds. The van der Waals surface area contributed by atoms with E-state index in [1.54, 1.807) is 0 Å². The lowest BCUT2D eigenvalue weighted by Gasteiger charge is -2.11. The summed E-state index contributed by atoms with van der Waals surface area (Å²) in [5, 5.41) is 7.97. The van der Waals surface area contributed by atoms with E-state index in [0.29, 0.717) is 12.8 Å². The molecule has 0 aliphatic heterocycles. The maximum atomic E-state index is 12.0. The highest BCUT2D eigenvalue weighted by Gasteiger charge is 2.25. The van der Waals surface area contributed by atoms with E-state index in [-0.39, 0.29) is 11.6 Å². The number of sulfone groups is 1. The molecule has 0 aliphatic rings. The van der Waals surface area contributed by atoms with Crippen LogP contribution >= 0.6 is 0 Å². The lowest BCUT2D eigenvalue weighted by atomic mass is 10.2. The molecular weight excluding hydrogens is 228 g/mol. The summed E-state index contributed by atoms with van der Waals surface area (Å²) in [6, 6.07) is 1.35. The zero-order chi connectivity index (χ0) is 12.0. The molecule has 1 aromatic heterocycles. The van der Waals surface area contributed by atoms with E-state index in [4.69, 9.17) is 5.11 Å². The van der Waals surface area contributed by atoms with Crippen molar-refractivity contribution < 1.29 is 13.5 Å². The summed E-state index contributed by atoms with van der Waals surface area (Å²) in [6.45, 7) is 3.46. The molecule has 1 N–H and O–H groups in total. The van der Waals surface area contributed by atoms with Gasteiger partial charge in [0.15, 0.2) is 5.03 Å². The molecule has 5 nitrogen and oxygen atoms in total. The summed E-state index contributed by atoms with van der Waals surface area (Å²) in [5.41, 5.74) is 0. The zero-order valence-corrected chi connectivity index (χ0v) is 9.60. The van der Waals surface area contributed by atoms with Gasteiger partial charge in [-0.05, 0) is 18.9 Å². The normalized spacial score (nSPS) is 13.3. The van der Waals surface area contributed by atoms with Gasteiger partial charge in [0.2, 0.25) is 9.84 Å². The van der Waals surface area contributed by atoms with E-state index >= 15 is 0 Å². The summed E-state index contributed by atoms with van der Waals surface area (Å²) in [6.07, 6.45) is 4.70. The van der Waals surface area contributed by atoms with Gasteiger partial charge in [-0.25, -0.2) is 18.4 Å². The van der Waals surface area contributed by atoms with Crippen LogP contribution in [0, 0.1) is 0 Å². The minimum Gasteiger partial charge on any atom is -0.396 e. The number of aliphatic hydroxyl groups is 1. The quantitative estimate of drug-likeness (QED) is 0.583. The van der Waals surface area contributed by atoms with Crippen LogP contribution in [0.1, 0.15) is 12.8 Å². The van der Waals surface area contributed by atoms with Crippen LogP contribution in [0.4, 0.5) is 0 Å². The van der Waals surface area contributed by atoms with Crippen molar-refractivity contribution >= 4 is 9.84 Å². The van der Waals surface area contributed by atoms with Gasteiger partial charge in [0.25, 0.3) is 0 Å². The highest BCUT2D eigenvalue weighted by atomic mass is 32.2. The van der Waals surface area contributed by atoms with Crippen LogP contribution in [-0.4, -0.2) is 35.3 Å². The van der Waals surface area contributed by atoms with Gasteiger partial charge >= 0.3 is 0 Å². The number of aliphatic hydroxyl groups excluding tert-OH is 1. The fourth-order valence-electron chi connectivity index (χ4n) is 1.29. The number of rotatable bonds is 6. The van der Waals surface area contributed by atoms with E-state index in [1.165, 1.54) is 24.7 Å². The second-order valence-electron chi connectivity index (χ2n) is 3.23. The highest BCUT2D eigenvalue weighted by Crippen LogP contribution is 2.17. The monoisotopic (exact) mass is 242 g/mol. The van der Waals surface area contributed by atoms with Gasteiger partial charge in [0.05, 0.1) is 5.25 Å². The average Bonchev–Trinajstić information content (AvgIpc) is 2.31. The van der Waals surface area contributed by atoms with Crippen molar-refractivity contribution in [1.29, 1.82) is 0 Å².